The fourth-order valence-corrected chi connectivity index (χ4v) is 4.40. The van der Waals surface area contributed by atoms with Gasteiger partial charge in [-0.1, -0.05) is 60.7 Å². The lowest BCUT2D eigenvalue weighted by Crippen LogP contribution is -2.34. The molecule has 3 aromatic carbocycles. The maximum absolute atomic E-state index is 12.7. The molecule has 4 nitrogen and oxygen atoms in total. The van der Waals surface area contributed by atoms with Crippen molar-refractivity contribution in [2.45, 2.75) is 12.0 Å². The molecule has 1 saturated heterocycles. The summed E-state index contributed by atoms with van der Waals surface area (Å²) in [4.78, 5) is 14.6. The highest BCUT2D eigenvalue weighted by Gasteiger charge is 2.30. The number of urea groups is 1. The highest BCUT2D eigenvalue weighted by atomic mass is 32.2. The number of amides is 2. The van der Waals surface area contributed by atoms with Crippen LogP contribution in [-0.4, -0.2) is 23.2 Å². The zero-order valence-electron chi connectivity index (χ0n) is 15.5. The third-order valence-corrected chi connectivity index (χ3v) is 5.85. The number of hydrogen-bond donors (Lipinski definition) is 1. The Hall–Kier alpha value is -2.92. The zero-order valence-corrected chi connectivity index (χ0v) is 16.3. The lowest BCUT2D eigenvalue weighted by molar-refractivity contribution is 0.214. The molecule has 1 aliphatic rings. The average Bonchev–Trinajstić information content (AvgIpc) is 3.24. The number of anilines is 1. The fraction of sp³-hybridized carbons (Fsp3) is 0.174. The van der Waals surface area contributed by atoms with Gasteiger partial charge in [-0.25, -0.2) is 4.79 Å². The second kappa shape index (κ2) is 8.85. The standard InChI is InChI=1S/C23H22N2O2S/c26-23(24-20-9-5-2-6-10-20)25-15-16-28-22(25)19-11-13-21(14-12-19)27-17-18-7-3-1-4-8-18/h1-14,22H,15-17H2,(H,24,26)/t22-/m0/s1. The van der Waals surface area contributed by atoms with Crippen LogP contribution in [0.5, 0.6) is 5.75 Å². The van der Waals surface area contributed by atoms with Gasteiger partial charge in [-0.15, -0.1) is 11.8 Å². The minimum Gasteiger partial charge on any atom is -0.489 e. The van der Waals surface area contributed by atoms with Crippen molar-refractivity contribution in [2.75, 3.05) is 17.6 Å². The number of nitrogens with zero attached hydrogens (tertiary/aromatic N) is 1. The Bertz CT molecular complexity index is 901. The largest absolute Gasteiger partial charge is 0.489 e. The Morgan fingerprint density at radius 2 is 1.64 bits per heavy atom. The summed E-state index contributed by atoms with van der Waals surface area (Å²) in [6.45, 7) is 1.28. The second-order valence-corrected chi connectivity index (χ2v) is 7.74. The maximum Gasteiger partial charge on any atom is 0.323 e. The van der Waals surface area contributed by atoms with E-state index in [1.165, 1.54) is 0 Å². The lowest BCUT2D eigenvalue weighted by Gasteiger charge is -2.24. The van der Waals surface area contributed by atoms with Gasteiger partial charge in [0, 0.05) is 18.0 Å². The first-order valence-corrected chi connectivity index (χ1v) is 10.4. The molecular formula is C23H22N2O2S. The van der Waals surface area contributed by atoms with Crippen molar-refractivity contribution in [3.05, 3.63) is 96.1 Å². The Labute approximate surface area is 169 Å². The molecule has 4 rings (SSSR count). The van der Waals surface area contributed by atoms with Gasteiger partial charge in [0.15, 0.2) is 0 Å². The summed E-state index contributed by atoms with van der Waals surface area (Å²) in [6.07, 6.45) is 0. The molecule has 0 radical (unpaired) electrons. The van der Waals surface area contributed by atoms with Gasteiger partial charge in [0.25, 0.3) is 0 Å². The molecule has 2 amide bonds. The van der Waals surface area contributed by atoms with Crippen molar-refractivity contribution in [1.29, 1.82) is 0 Å². The highest BCUT2D eigenvalue weighted by Crippen LogP contribution is 2.38. The molecule has 1 atom stereocenters. The minimum atomic E-state index is -0.0643. The van der Waals surface area contributed by atoms with E-state index in [0.29, 0.717) is 6.61 Å². The molecule has 1 heterocycles. The van der Waals surface area contributed by atoms with Gasteiger partial charge >= 0.3 is 6.03 Å². The van der Waals surface area contributed by atoms with Gasteiger partial charge in [0.05, 0.1) is 0 Å². The van der Waals surface area contributed by atoms with E-state index in [1.807, 2.05) is 89.8 Å². The summed E-state index contributed by atoms with van der Waals surface area (Å²) in [5.41, 5.74) is 3.06. The van der Waals surface area contributed by atoms with Gasteiger partial charge in [-0.2, -0.15) is 0 Å². The second-order valence-electron chi connectivity index (χ2n) is 6.56. The first-order chi connectivity index (χ1) is 13.8. The van der Waals surface area contributed by atoms with Gasteiger partial charge in [0.1, 0.15) is 17.7 Å². The molecule has 0 spiro atoms. The zero-order chi connectivity index (χ0) is 19.2. The van der Waals surface area contributed by atoms with E-state index in [2.05, 4.69) is 5.32 Å². The van der Waals surface area contributed by atoms with Gasteiger partial charge in [-0.3, -0.25) is 0 Å². The highest BCUT2D eigenvalue weighted by molar-refractivity contribution is 7.99. The van der Waals surface area contributed by atoms with Crippen LogP contribution in [0.1, 0.15) is 16.5 Å². The molecule has 5 heteroatoms. The number of carbonyl (C=O) groups is 1. The smallest absolute Gasteiger partial charge is 0.323 e. The van der Waals surface area contributed by atoms with Crippen LogP contribution in [0, 0.1) is 0 Å². The predicted molar refractivity (Wildman–Crippen MR) is 115 cm³/mol. The average molecular weight is 391 g/mol. The van der Waals surface area contributed by atoms with Crippen LogP contribution in [0.3, 0.4) is 0 Å². The van der Waals surface area contributed by atoms with E-state index in [4.69, 9.17) is 4.74 Å². The topological polar surface area (TPSA) is 41.6 Å². The Morgan fingerprint density at radius 3 is 2.36 bits per heavy atom. The van der Waals surface area contributed by atoms with Crippen molar-refractivity contribution < 1.29 is 9.53 Å². The summed E-state index contributed by atoms with van der Waals surface area (Å²) < 4.78 is 5.86. The molecule has 1 N–H and O–H groups in total. The summed E-state index contributed by atoms with van der Waals surface area (Å²) >= 11 is 1.78. The fourth-order valence-electron chi connectivity index (χ4n) is 3.14. The molecule has 0 unspecified atom stereocenters. The van der Waals surface area contributed by atoms with E-state index < -0.39 is 0 Å². The lowest BCUT2D eigenvalue weighted by atomic mass is 10.2. The van der Waals surface area contributed by atoms with Crippen LogP contribution in [0.2, 0.25) is 0 Å². The number of thioether (sulfide) groups is 1. The normalized spacial score (nSPS) is 16.0. The quantitative estimate of drug-likeness (QED) is 0.621. The molecule has 0 bridgehead atoms. The Balaban J connectivity index is 1.39. The van der Waals surface area contributed by atoms with Crippen molar-refractivity contribution in [3.63, 3.8) is 0 Å². The molecule has 0 aliphatic carbocycles. The van der Waals surface area contributed by atoms with Crippen molar-refractivity contribution in [3.8, 4) is 5.75 Å². The predicted octanol–water partition coefficient (Wildman–Crippen LogP) is 5.55. The molecule has 1 fully saturated rings. The van der Waals surface area contributed by atoms with Crippen LogP contribution in [0.4, 0.5) is 10.5 Å². The monoisotopic (exact) mass is 390 g/mol. The molecule has 3 aromatic rings. The van der Waals surface area contributed by atoms with Crippen LogP contribution >= 0.6 is 11.8 Å². The number of ether oxygens (including phenoxy) is 1. The van der Waals surface area contributed by atoms with E-state index in [0.717, 1.165) is 34.9 Å². The summed E-state index contributed by atoms with van der Waals surface area (Å²) in [5, 5.41) is 3.00. The number of nitrogens with one attached hydrogen (secondary N) is 1. The van der Waals surface area contributed by atoms with E-state index in [-0.39, 0.29) is 11.4 Å². The van der Waals surface area contributed by atoms with E-state index in [1.54, 1.807) is 11.8 Å². The van der Waals surface area contributed by atoms with Gasteiger partial charge in [-0.05, 0) is 35.4 Å². The van der Waals surface area contributed by atoms with Gasteiger partial charge < -0.3 is 15.0 Å². The summed E-state index contributed by atoms with van der Waals surface area (Å²) in [7, 11) is 0. The molecule has 0 saturated carbocycles. The molecular weight excluding hydrogens is 368 g/mol. The van der Waals surface area contributed by atoms with Crippen LogP contribution in [-0.2, 0) is 6.61 Å². The third-order valence-electron chi connectivity index (χ3n) is 4.59. The Kier molecular flexibility index (Phi) is 5.83. The third kappa shape index (κ3) is 4.49. The molecule has 28 heavy (non-hydrogen) atoms. The molecule has 0 aromatic heterocycles. The number of para-hydroxylation sites is 1. The SMILES string of the molecule is O=C(Nc1ccccc1)N1CCS[C@H]1c1ccc(OCc2ccccc2)cc1. The van der Waals surface area contributed by atoms with Crippen LogP contribution < -0.4 is 10.1 Å². The minimum absolute atomic E-state index is 0.0203. The first-order valence-electron chi connectivity index (χ1n) is 9.30. The first kappa shape index (κ1) is 18.4. The van der Waals surface area contributed by atoms with Crippen LogP contribution in [0.25, 0.3) is 0 Å². The summed E-state index contributed by atoms with van der Waals surface area (Å²) in [5.74, 6) is 1.76. The Morgan fingerprint density at radius 1 is 0.964 bits per heavy atom. The number of rotatable bonds is 5. The maximum atomic E-state index is 12.7. The van der Waals surface area contributed by atoms with Gasteiger partial charge in [0.2, 0.25) is 0 Å². The van der Waals surface area contributed by atoms with E-state index >= 15 is 0 Å². The summed E-state index contributed by atoms with van der Waals surface area (Å²) in [6, 6.07) is 27.7. The molecule has 1 aliphatic heterocycles. The van der Waals surface area contributed by atoms with Crippen LogP contribution in [0.15, 0.2) is 84.9 Å². The number of carbonyl (C=O) groups excluding carboxylic acids is 1. The molecule has 142 valence electrons. The van der Waals surface area contributed by atoms with Crippen molar-refractivity contribution in [2.24, 2.45) is 0 Å². The number of benzene rings is 3. The van der Waals surface area contributed by atoms with E-state index in [9.17, 15) is 4.79 Å². The van der Waals surface area contributed by atoms with Crippen molar-refractivity contribution in [1.82, 2.24) is 4.90 Å². The van der Waals surface area contributed by atoms with Crippen molar-refractivity contribution >= 4 is 23.5 Å². The number of hydrogen-bond acceptors (Lipinski definition) is 3.